The molecule has 0 bridgehead atoms. The van der Waals surface area contributed by atoms with E-state index in [0.29, 0.717) is 10.8 Å². The smallest absolute Gasteiger partial charge is 0.249 e. The summed E-state index contributed by atoms with van der Waals surface area (Å²) >= 11 is 7.35. The molecule has 0 atom stereocenters. The zero-order valence-electron chi connectivity index (χ0n) is 8.76. The number of halogens is 1. The van der Waals surface area contributed by atoms with E-state index in [4.69, 9.17) is 11.6 Å². The Morgan fingerprint density at radius 3 is 3.06 bits per heavy atom. The van der Waals surface area contributed by atoms with Crippen LogP contribution in [0.25, 0.3) is 6.08 Å². The fourth-order valence-electron chi connectivity index (χ4n) is 1.18. The van der Waals surface area contributed by atoms with Crippen molar-refractivity contribution in [2.24, 2.45) is 0 Å². The van der Waals surface area contributed by atoms with Crippen molar-refractivity contribution in [2.75, 3.05) is 5.32 Å². The highest BCUT2D eigenvalue weighted by molar-refractivity contribution is 7.10. The van der Waals surface area contributed by atoms with Crippen LogP contribution in [0.2, 0.25) is 5.02 Å². The van der Waals surface area contributed by atoms with Crippen molar-refractivity contribution in [1.82, 2.24) is 4.98 Å². The Morgan fingerprint density at radius 2 is 2.35 bits per heavy atom. The van der Waals surface area contributed by atoms with Crippen LogP contribution in [0.5, 0.6) is 0 Å². The van der Waals surface area contributed by atoms with Gasteiger partial charge in [0.05, 0.1) is 0 Å². The Hall–Kier alpha value is -1.65. The largest absolute Gasteiger partial charge is 0.307 e. The lowest BCUT2D eigenvalue weighted by molar-refractivity contribution is -0.111. The second kappa shape index (κ2) is 5.61. The van der Waals surface area contributed by atoms with E-state index in [1.165, 1.54) is 6.08 Å². The first kappa shape index (κ1) is 11.8. The van der Waals surface area contributed by atoms with Crippen molar-refractivity contribution in [2.45, 2.75) is 0 Å². The first-order chi connectivity index (χ1) is 8.24. The number of nitrogens with zero attached hydrogens (tertiary/aromatic N) is 1. The van der Waals surface area contributed by atoms with E-state index in [2.05, 4.69) is 10.3 Å². The van der Waals surface area contributed by atoms with E-state index in [-0.39, 0.29) is 5.91 Å². The molecule has 5 heteroatoms. The molecule has 2 heterocycles. The quantitative estimate of drug-likeness (QED) is 0.863. The molecule has 3 nitrogen and oxygen atoms in total. The molecule has 0 aliphatic rings. The molecule has 2 rings (SSSR count). The molecule has 0 saturated carbocycles. The van der Waals surface area contributed by atoms with Gasteiger partial charge in [0.25, 0.3) is 0 Å². The molecule has 0 radical (unpaired) electrons. The van der Waals surface area contributed by atoms with Crippen LogP contribution in [0.1, 0.15) is 4.88 Å². The highest BCUT2D eigenvalue weighted by Gasteiger charge is 1.99. The molecule has 0 fully saturated rings. The van der Waals surface area contributed by atoms with Gasteiger partial charge < -0.3 is 5.32 Å². The van der Waals surface area contributed by atoms with E-state index in [1.54, 1.807) is 35.7 Å². The summed E-state index contributed by atoms with van der Waals surface area (Å²) in [4.78, 5) is 16.5. The fraction of sp³-hybridized carbons (Fsp3) is 0. The summed E-state index contributed by atoms with van der Waals surface area (Å²) in [5.74, 6) is 0.214. The predicted octanol–water partition coefficient (Wildman–Crippen LogP) is 3.45. The van der Waals surface area contributed by atoms with Gasteiger partial charge in [-0.15, -0.1) is 11.3 Å². The molecule has 2 aromatic rings. The molecule has 86 valence electrons. The number of thiophene rings is 1. The highest BCUT2D eigenvalue weighted by Crippen LogP contribution is 2.12. The molecule has 0 spiro atoms. The average Bonchev–Trinajstić information content (AvgIpc) is 2.79. The van der Waals surface area contributed by atoms with Crippen molar-refractivity contribution >= 4 is 40.7 Å². The maximum atomic E-state index is 11.5. The second-order valence-electron chi connectivity index (χ2n) is 3.20. The molecule has 0 aliphatic carbocycles. The lowest BCUT2D eigenvalue weighted by atomic mass is 10.4. The molecule has 2 aromatic heterocycles. The Kier molecular flexibility index (Phi) is 3.90. The maximum Gasteiger partial charge on any atom is 0.249 e. The Bertz CT molecular complexity index is 537. The molecule has 17 heavy (non-hydrogen) atoms. The van der Waals surface area contributed by atoms with Gasteiger partial charge in [0.15, 0.2) is 0 Å². The van der Waals surface area contributed by atoms with Crippen LogP contribution in [0.4, 0.5) is 5.82 Å². The number of pyridine rings is 1. The number of aromatic nitrogens is 1. The number of nitrogens with one attached hydrogen (secondary N) is 1. The van der Waals surface area contributed by atoms with E-state index in [0.717, 1.165) is 4.88 Å². The van der Waals surface area contributed by atoms with Gasteiger partial charge in [-0.25, -0.2) is 4.98 Å². The first-order valence-electron chi connectivity index (χ1n) is 4.88. The van der Waals surface area contributed by atoms with Gasteiger partial charge in [0, 0.05) is 22.2 Å². The summed E-state index contributed by atoms with van der Waals surface area (Å²) in [6.45, 7) is 0. The van der Waals surface area contributed by atoms with Gasteiger partial charge >= 0.3 is 0 Å². The van der Waals surface area contributed by atoms with Crippen molar-refractivity contribution < 1.29 is 4.79 Å². The normalized spacial score (nSPS) is 10.6. The third-order valence-corrected chi connectivity index (χ3v) is 2.99. The summed E-state index contributed by atoms with van der Waals surface area (Å²) < 4.78 is 0. The number of anilines is 1. The zero-order valence-corrected chi connectivity index (χ0v) is 10.3. The predicted molar refractivity (Wildman–Crippen MR) is 71.2 cm³/mol. The van der Waals surface area contributed by atoms with Crippen LogP contribution < -0.4 is 5.32 Å². The van der Waals surface area contributed by atoms with E-state index >= 15 is 0 Å². The van der Waals surface area contributed by atoms with Crippen molar-refractivity contribution in [3.63, 3.8) is 0 Å². The highest BCUT2D eigenvalue weighted by atomic mass is 35.5. The van der Waals surface area contributed by atoms with Crippen LogP contribution >= 0.6 is 22.9 Å². The minimum atomic E-state index is -0.229. The number of hydrogen-bond acceptors (Lipinski definition) is 3. The molecular formula is C12H9ClN2OS. The van der Waals surface area contributed by atoms with E-state index < -0.39 is 0 Å². The first-order valence-corrected chi connectivity index (χ1v) is 6.14. The standard InChI is InChI=1S/C12H9ClN2OS/c13-9-5-6-14-11(8-9)15-12(16)4-3-10-2-1-7-17-10/h1-8H,(H,14,15,16)/b4-3+. The molecular weight excluding hydrogens is 256 g/mol. The van der Waals surface area contributed by atoms with Crippen LogP contribution in [-0.4, -0.2) is 10.9 Å². The third kappa shape index (κ3) is 3.69. The lowest BCUT2D eigenvalue weighted by Crippen LogP contribution is -2.08. The fourth-order valence-corrected chi connectivity index (χ4v) is 1.96. The Balaban J connectivity index is 1.98. The summed E-state index contributed by atoms with van der Waals surface area (Å²) in [6, 6.07) is 7.12. The van der Waals surface area contributed by atoms with Gasteiger partial charge in [0.1, 0.15) is 5.82 Å². The molecule has 0 aromatic carbocycles. The summed E-state index contributed by atoms with van der Waals surface area (Å²) in [5.41, 5.74) is 0. The van der Waals surface area contributed by atoms with Crippen LogP contribution in [-0.2, 0) is 4.79 Å². The maximum absolute atomic E-state index is 11.5. The number of rotatable bonds is 3. The SMILES string of the molecule is O=C(/C=C/c1cccs1)Nc1cc(Cl)ccn1. The number of carbonyl (C=O) groups excluding carboxylic acids is 1. The molecule has 0 unspecified atom stereocenters. The van der Waals surface area contributed by atoms with Crippen LogP contribution in [0.3, 0.4) is 0 Å². The van der Waals surface area contributed by atoms with Crippen LogP contribution in [0, 0.1) is 0 Å². The minimum absolute atomic E-state index is 0.229. The van der Waals surface area contributed by atoms with Crippen molar-refractivity contribution in [3.05, 3.63) is 51.8 Å². The van der Waals surface area contributed by atoms with Gasteiger partial charge in [-0.2, -0.15) is 0 Å². The van der Waals surface area contributed by atoms with Crippen molar-refractivity contribution in [1.29, 1.82) is 0 Å². The number of carbonyl (C=O) groups is 1. The zero-order chi connectivity index (χ0) is 12.1. The van der Waals surface area contributed by atoms with Gasteiger partial charge in [0.2, 0.25) is 5.91 Å². The van der Waals surface area contributed by atoms with Gasteiger partial charge in [-0.1, -0.05) is 17.7 Å². The van der Waals surface area contributed by atoms with Crippen molar-refractivity contribution in [3.8, 4) is 0 Å². The minimum Gasteiger partial charge on any atom is -0.307 e. The molecule has 1 N–H and O–H groups in total. The Morgan fingerprint density at radius 1 is 1.47 bits per heavy atom. The van der Waals surface area contributed by atoms with Gasteiger partial charge in [-0.05, 0) is 29.7 Å². The summed E-state index contributed by atoms with van der Waals surface area (Å²) in [7, 11) is 0. The topological polar surface area (TPSA) is 42.0 Å². The summed E-state index contributed by atoms with van der Waals surface area (Å²) in [5, 5.41) is 5.12. The molecule has 0 saturated heterocycles. The van der Waals surface area contributed by atoms with Gasteiger partial charge in [-0.3, -0.25) is 4.79 Å². The van der Waals surface area contributed by atoms with E-state index in [1.807, 2.05) is 17.5 Å². The van der Waals surface area contributed by atoms with Crippen LogP contribution in [0.15, 0.2) is 41.9 Å². The lowest BCUT2D eigenvalue weighted by Gasteiger charge is -2.00. The summed E-state index contributed by atoms with van der Waals surface area (Å²) in [6.07, 6.45) is 4.76. The third-order valence-electron chi connectivity index (χ3n) is 1.92. The number of amides is 1. The average molecular weight is 265 g/mol. The monoisotopic (exact) mass is 264 g/mol. The number of hydrogen-bond donors (Lipinski definition) is 1. The second-order valence-corrected chi connectivity index (χ2v) is 4.61. The Labute approximate surface area is 108 Å². The molecule has 1 amide bonds. The molecule has 0 aliphatic heterocycles. The van der Waals surface area contributed by atoms with E-state index in [9.17, 15) is 4.79 Å².